The molecule has 0 rings (SSSR count). The molecule has 0 saturated carbocycles. The van der Waals surface area contributed by atoms with Crippen LogP contribution in [0.5, 0.6) is 0 Å². The largest absolute Gasteiger partial charge is 0.480 e. The molecule has 3 N–H and O–H groups in total. The Morgan fingerprint density at radius 3 is 1.67 bits per heavy atom. The first-order valence-corrected chi connectivity index (χ1v) is 5.74. The van der Waals surface area contributed by atoms with Crippen molar-refractivity contribution < 1.29 is 19.5 Å². The van der Waals surface area contributed by atoms with Crippen molar-refractivity contribution in [3.63, 3.8) is 0 Å². The van der Waals surface area contributed by atoms with Gasteiger partial charge in [-0.05, 0) is 27.7 Å². The van der Waals surface area contributed by atoms with E-state index in [9.17, 15) is 14.4 Å². The zero-order valence-corrected chi connectivity index (χ0v) is 11.2. The highest BCUT2D eigenvalue weighted by atomic mass is 16.4. The van der Waals surface area contributed by atoms with Gasteiger partial charge in [0.2, 0.25) is 5.91 Å². The normalized spacial score (nSPS) is 10.6. The van der Waals surface area contributed by atoms with E-state index in [1.54, 1.807) is 27.7 Å². The Morgan fingerprint density at radius 2 is 1.39 bits per heavy atom. The summed E-state index contributed by atoms with van der Waals surface area (Å²) >= 11 is 0. The molecule has 0 aromatic rings. The average Bonchev–Trinajstić information content (AvgIpc) is 2.20. The quantitative estimate of drug-likeness (QED) is 0.705. The minimum absolute atomic E-state index is 0.223. The lowest BCUT2D eigenvalue weighted by atomic mass is 10.3. The second kappa shape index (κ2) is 6.83. The third kappa shape index (κ3) is 5.03. The molecule has 18 heavy (non-hydrogen) atoms. The van der Waals surface area contributed by atoms with Crippen LogP contribution >= 0.6 is 0 Å². The van der Waals surface area contributed by atoms with Crippen molar-refractivity contribution in [2.45, 2.75) is 39.8 Å². The first-order valence-electron chi connectivity index (χ1n) is 5.74. The van der Waals surface area contributed by atoms with Gasteiger partial charge in [-0.25, -0.2) is 4.79 Å². The third-order valence-corrected chi connectivity index (χ3v) is 2.37. The van der Waals surface area contributed by atoms with Gasteiger partial charge in [-0.15, -0.1) is 0 Å². The molecule has 0 spiro atoms. The molecule has 0 heterocycles. The Hall–Kier alpha value is -1.79. The topological polar surface area (TPSA) is 104 Å². The van der Waals surface area contributed by atoms with Gasteiger partial charge in [0.25, 0.3) is 0 Å². The Labute approximate surface area is 107 Å². The maximum absolute atomic E-state index is 12.2. The number of carboxylic acids is 1. The number of aliphatic carboxylic acids is 1. The number of rotatable bonds is 6. The highest BCUT2D eigenvalue weighted by molar-refractivity contribution is 5.85. The van der Waals surface area contributed by atoms with E-state index < -0.39 is 24.5 Å². The fourth-order valence-corrected chi connectivity index (χ4v) is 1.42. The van der Waals surface area contributed by atoms with Crippen LogP contribution in [0.4, 0.5) is 4.79 Å². The molecule has 0 aromatic heterocycles. The number of hydrogen-bond donors (Lipinski definition) is 2. The van der Waals surface area contributed by atoms with Crippen LogP contribution in [0.1, 0.15) is 27.7 Å². The Morgan fingerprint density at radius 1 is 1.00 bits per heavy atom. The van der Waals surface area contributed by atoms with Crippen molar-refractivity contribution in [2.75, 3.05) is 13.1 Å². The molecular weight excluding hydrogens is 238 g/mol. The molecular formula is C11H21N3O4. The van der Waals surface area contributed by atoms with Crippen LogP contribution in [-0.4, -0.2) is 58.0 Å². The summed E-state index contributed by atoms with van der Waals surface area (Å²) in [5, 5.41) is 8.78. The summed E-state index contributed by atoms with van der Waals surface area (Å²) in [5.41, 5.74) is 5.08. The van der Waals surface area contributed by atoms with Crippen molar-refractivity contribution >= 4 is 17.9 Å². The number of primary amides is 1. The van der Waals surface area contributed by atoms with E-state index in [4.69, 9.17) is 10.8 Å². The SMILES string of the molecule is CC(C)N(CC(N)=O)C(=O)N(CC(=O)O)C(C)C. The maximum atomic E-state index is 12.2. The highest BCUT2D eigenvalue weighted by Gasteiger charge is 2.27. The molecule has 0 fully saturated rings. The number of carbonyl (C=O) groups is 3. The lowest BCUT2D eigenvalue weighted by Crippen LogP contribution is -2.52. The van der Waals surface area contributed by atoms with Gasteiger partial charge in [0.05, 0.1) is 0 Å². The van der Waals surface area contributed by atoms with Gasteiger partial charge in [-0.2, -0.15) is 0 Å². The molecule has 7 nitrogen and oxygen atoms in total. The Bertz CT molecular complexity index is 298. The Balaban J connectivity index is 5.00. The molecule has 0 unspecified atom stereocenters. The van der Waals surface area contributed by atoms with Crippen molar-refractivity contribution in [2.24, 2.45) is 5.73 Å². The van der Waals surface area contributed by atoms with E-state index in [0.717, 1.165) is 0 Å². The van der Waals surface area contributed by atoms with Crippen molar-refractivity contribution in [3.05, 3.63) is 0 Å². The highest BCUT2D eigenvalue weighted by Crippen LogP contribution is 2.08. The van der Waals surface area contributed by atoms with E-state index in [-0.39, 0.29) is 18.6 Å². The zero-order chi connectivity index (χ0) is 14.5. The van der Waals surface area contributed by atoms with Crippen LogP contribution in [-0.2, 0) is 9.59 Å². The lowest BCUT2D eigenvalue weighted by Gasteiger charge is -2.33. The minimum atomic E-state index is -1.10. The molecule has 0 aliphatic carbocycles. The summed E-state index contributed by atoms with van der Waals surface area (Å²) in [4.78, 5) is 36.3. The molecule has 3 amide bonds. The summed E-state index contributed by atoms with van der Waals surface area (Å²) in [7, 11) is 0. The first kappa shape index (κ1) is 16.2. The van der Waals surface area contributed by atoms with Gasteiger partial charge in [-0.3, -0.25) is 9.59 Å². The smallest absolute Gasteiger partial charge is 0.323 e. The van der Waals surface area contributed by atoms with E-state index >= 15 is 0 Å². The minimum Gasteiger partial charge on any atom is -0.480 e. The predicted octanol–water partition coefficient (Wildman–Crippen LogP) is 0.0971. The van der Waals surface area contributed by atoms with Crippen LogP contribution < -0.4 is 5.73 Å². The summed E-state index contributed by atoms with van der Waals surface area (Å²) in [6.45, 7) is 6.27. The van der Waals surface area contributed by atoms with Crippen molar-refractivity contribution in [1.82, 2.24) is 9.80 Å². The van der Waals surface area contributed by atoms with E-state index in [1.807, 2.05) is 0 Å². The van der Waals surface area contributed by atoms with E-state index in [2.05, 4.69) is 0 Å². The van der Waals surface area contributed by atoms with Crippen LogP contribution in [0, 0.1) is 0 Å². The van der Waals surface area contributed by atoms with Crippen LogP contribution in [0.25, 0.3) is 0 Å². The van der Waals surface area contributed by atoms with Crippen LogP contribution in [0.15, 0.2) is 0 Å². The second-order valence-electron chi connectivity index (χ2n) is 4.59. The molecule has 0 aromatic carbocycles. The van der Waals surface area contributed by atoms with Gasteiger partial charge in [0.1, 0.15) is 13.1 Å². The second-order valence-corrected chi connectivity index (χ2v) is 4.59. The van der Waals surface area contributed by atoms with Gasteiger partial charge >= 0.3 is 12.0 Å². The number of carbonyl (C=O) groups excluding carboxylic acids is 2. The fourth-order valence-electron chi connectivity index (χ4n) is 1.42. The van der Waals surface area contributed by atoms with E-state index in [0.29, 0.717) is 0 Å². The van der Waals surface area contributed by atoms with Gasteiger partial charge in [0.15, 0.2) is 0 Å². The number of amides is 3. The molecule has 0 bridgehead atoms. The van der Waals surface area contributed by atoms with Crippen LogP contribution in [0.3, 0.4) is 0 Å². The summed E-state index contributed by atoms with van der Waals surface area (Å²) in [6.07, 6.45) is 0. The summed E-state index contributed by atoms with van der Waals surface area (Å²) in [5.74, 6) is -1.73. The van der Waals surface area contributed by atoms with Crippen LogP contribution in [0.2, 0.25) is 0 Å². The Kier molecular flexibility index (Phi) is 6.15. The van der Waals surface area contributed by atoms with Crippen molar-refractivity contribution in [3.8, 4) is 0 Å². The number of hydrogen-bond acceptors (Lipinski definition) is 3. The molecule has 104 valence electrons. The number of carboxylic acid groups (broad SMARTS) is 1. The molecule has 7 heteroatoms. The average molecular weight is 259 g/mol. The summed E-state index contributed by atoms with van der Waals surface area (Å²) < 4.78 is 0. The molecule has 0 aliphatic heterocycles. The molecule has 0 radical (unpaired) electrons. The maximum Gasteiger partial charge on any atom is 0.323 e. The van der Waals surface area contributed by atoms with Gasteiger partial charge < -0.3 is 20.6 Å². The molecule has 0 atom stereocenters. The number of nitrogens with two attached hydrogens (primary N) is 1. The lowest BCUT2D eigenvalue weighted by molar-refractivity contribution is -0.138. The van der Waals surface area contributed by atoms with E-state index in [1.165, 1.54) is 9.80 Å². The monoisotopic (exact) mass is 259 g/mol. The van der Waals surface area contributed by atoms with Gasteiger partial charge in [-0.1, -0.05) is 0 Å². The zero-order valence-electron chi connectivity index (χ0n) is 11.2. The summed E-state index contributed by atoms with van der Waals surface area (Å²) in [6, 6.07) is -1.01. The van der Waals surface area contributed by atoms with Crippen molar-refractivity contribution in [1.29, 1.82) is 0 Å². The standard InChI is InChI=1S/C11H21N3O4/c1-7(2)13(5-9(12)15)11(18)14(8(3)4)6-10(16)17/h7-8H,5-6H2,1-4H3,(H2,12,15)(H,16,17). The van der Waals surface area contributed by atoms with Gasteiger partial charge in [0, 0.05) is 12.1 Å². The fraction of sp³-hybridized carbons (Fsp3) is 0.727. The molecule has 0 saturated heterocycles. The predicted molar refractivity (Wildman–Crippen MR) is 65.9 cm³/mol. The molecule has 0 aliphatic rings. The third-order valence-electron chi connectivity index (χ3n) is 2.37. The number of nitrogens with zero attached hydrogens (tertiary/aromatic N) is 2. The number of urea groups is 1. The first-order chi connectivity index (χ1) is 8.16.